The molecule has 11 rings (SSSR count). The smallest absolute Gasteiger partial charge is 0.205 e. The van der Waals surface area contributed by atoms with E-state index < -0.39 is 4.92 Å². The summed E-state index contributed by atoms with van der Waals surface area (Å²) in [6.07, 6.45) is 1.47. The highest BCUT2D eigenvalue weighted by atomic mass is 127. The van der Waals surface area contributed by atoms with E-state index in [1.165, 1.54) is 81.7 Å². The molecule has 17 nitrogen and oxygen atoms in total. The number of para-hydroxylation sites is 11. The number of anilines is 11. The van der Waals surface area contributed by atoms with Crippen LogP contribution in [0.25, 0.3) is 4.85 Å². The minimum absolute atomic E-state index is 0.500. The van der Waals surface area contributed by atoms with Crippen LogP contribution in [0, 0.1) is 16.7 Å². The largest absolute Gasteiger partial charge is 0.400 e. The van der Waals surface area contributed by atoms with Gasteiger partial charge in [0.15, 0.2) is 7.05 Å². The van der Waals surface area contributed by atoms with Crippen molar-refractivity contribution in [3.05, 3.63) is 350 Å². The lowest BCUT2D eigenvalue weighted by Crippen LogP contribution is -1.94. The Morgan fingerprint density at radius 2 is 0.311 bits per heavy atom. The molecule has 0 aliphatic heterocycles. The first-order chi connectivity index (χ1) is 64.0. The molecule has 0 aliphatic carbocycles. The number of halogens is 4. The van der Waals surface area contributed by atoms with E-state index in [-0.39, 0.29) is 0 Å². The van der Waals surface area contributed by atoms with Crippen LogP contribution >= 0.6 is 50.1 Å². The predicted molar refractivity (Wildman–Crippen MR) is 626 cm³/mol. The van der Waals surface area contributed by atoms with Crippen molar-refractivity contribution in [1.82, 2.24) is 0 Å². The first kappa shape index (κ1) is 147. The first-order valence-electron chi connectivity index (χ1n) is 46.2. The van der Waals surface area contributed by atoms with E-state index in [2.05, 4.69) is 280 Å². The Morgan fingerprint density at radius 3 is 0.341 bits per heavy atom. The van der Waals surface area contributed by atoms with E-state index in [0.29, 0.717) is 72.3 Å². The standard InChI is InChI=1S/11C9H13N.C2H3N.3C2H6.CH3Br.CH3Cl.CH3F.CH3I.CH3NO2.CH5N.CH4O/c11*1-7(2)8-5-3-4-6-9(8)10;1-3-2;7*1-2;1-2(3)4;2*1-2/h11*3-7H,10H2,1-2H3;1H3;3*1-2H3;4*1H3;1H3;2H2,1H3;2H,1H3. The van der Waals surface area contributed by atoms with Crippen molar-refractivity contribution in [3.63, 3.8) is 0 Å². The van der Waals surface area contributed by atoms with Gasteiger partial charge in [-0.3, -0.25) is 14.5 Å². The predicted octanol–water partition coefficient (Wildman–Crippen LogP) is 32.5. The summed E-state index contributed by atoms with van der Waals surface area (Å²) in [6.45, 7) is 65.0. The van der Waals surface area contributed by atoms with E-state index in [9.17, 15) is 4.39 Å². The lowest BCUT2D eigenvalue weighted by Gasteiger charge is -2.07. The van der Waals surface area contributed by atoms with Gasteiger partial charge in [-0.05, 0) is 211 Å². The van der Waals surface area contributed by atoms with Crippen LogP contribution in [-0.2, 0) is 0 Å². The molecule has 0 aromatic heterocycles. The molecule has 760 valence electrons. The van der Waals surface area contributed by atoms with Gasteiger partial charge < -0.3 is 78.8 Å². The maximum Gasteiger partial charge on any atom is 0.205 e. The van der Waals surface area contributed by atoms with Crippen molar-refractivity contribution < 1.29 is 14.4 Å². The van der Waals surface area contributed by atoms with Crippen LogP contribution in [0.4, 0.5) is 67.0 Å². The van der Waals surface area contributed by atoms with E-state index >= 15 is 0 Å². The number of hydrogen-bond donors (Lipinski definition) is 13. The Hall–Kier alpha value is -10.5. The highest BCUT2D eigenvalue weighted by molar-refractivity contribution is 14.1. The molecule has 0 spiro atoms. The monoisotopic (exact) mass is 2060 g/mol. The Morgan fingerprint density at radius 1 is 0.267 bits per heavy atom. The van der Waals surface area contributed by atoms with Crippen molar-refractivity contribution in [2.75, 3.05) is 116 Å². The van der Waals surface area contributed by atoms with Gasteiger partial charge in [-0.15, -0.1) is 11.6 Å². The van der Waals surface area contributed by atoms with Crippen molar-refractivity contribution in [3.8, 4) is 0 Å². The normalized spacial score (nSPS) is 9.04. The summed E-state index contributed by atoms with van der Waals surface area (Å²) in [4.78, 5) is 13.0. The van der Waals surface area contributed by atoms with Crippen molar-refractivity contribution in [1.29, 1.82) is 0 Å². The van der Waals surface area contributed by atoms with Gasteiger partial charge in [0.2, 0.25) is 7.05 Å². The van der Waals surface area contributed by atoms with Crippen molar-refractivity contribution >= 4 is 113 Å². The van der Waals surface area contributed by atoms with Crippen LogP contribution in [0.2, 0.25) is 0 Å². The second-order valence-electron chi connectivity index (χ2n) is 31.3. The van der Waals surface area contributed by atoms with Crippen LogP contribution in [0.3, 0.4) is 0 Å². The van der Waals surface area contributed by atoms with E-state index in [4.69, 9.17) is 84.9 Å². The molecule has 0 saturated carbocycles. The molecule has 0 fully saturated rings. The highest BCUT2D eigenvalue weighted by Gasteiger charge is 2.08. The third kappa shape index (κ3) is 76.3. The summed E-state index contributed by atoms with van der Waals surface area (Å²) in [5, 5.41) is 15.8. The molecule has 11 aromatic rings. The summed E-state index contributed by atoms with van der Waals surface area (Å²) >= 11 is 9.73. The van der Waals surface area contributed by atoms with E-state index in [1.54, 1.807) is 0 Å². The maximum atomic E-state index is 9.50. The van der Waals surface area contributed by atoms with Crippen LogP contribution in [0.15, 0.2) is 267 Å². The fourth-order valence-electron chi connectivity index (χ4n) is 11.4. The topological polar surface area (TPSA) is 380 Å². The molecule has 0 atom stereocenters. The summed E-state index contributed by atoms with van der Waals surface area (Å²) in [6, 6.07) is 87.9. The van der Waals surface area contributed by atoms with E-state index in [1.807, 2.05) is 252 Å². The number of rotatable bonds is 11. The lowest BCUT2D eigenvalue weighted by molar-refractivity contribution is -0.445. The SMILES string of the molecule is CBr.CC.CC.CC.CC(C)c1ccccc1N.CC(C)c1ccccc1N.CC(C)c1ccccc1N.CC(C)c1ccccc1N.CC(C)c1ccccc1N.CC(C)c1ccccc1N.CC(C)c1ccccc1N.CC(C)c1ccccc1N.CC(C)c1ccccc1N.CC(C)c1ccccc1N.CC(C)c1ccccc1N.CCl.CF.CI.CN.CO.C[N+](=O)[O-].[C-]#[N+]C. The van der Waals surface area contributed by atoms with Gasteiger partial charge in [-0.25, -0.2) is 6.57 Å². The van der Waals surface area contributed by atoms with Crippen LogP contribution in [0.1, 0.15) is 320 Å². The molecule has 0 aliphatic rings. The minimum atomic E-state index is -0.500. The summed E-state index contributed by atoms with van der Waals surface area (Å²) in [7, 11) is 5.31. The van der Waals surface area contributed by atoms with Gasteiger partial charge in [-0.1, -0.05) is 433 Å². The average Bonchev–Trinajstić information content (AvgIpc) is 0.984. The summed E-state index contributed by atoms with van der Waals surface area (Å²) in [5.41, 5.74) is 91.0. The molecule has 21 heteroatoms. The molecule has 0 radical (unpaired) electrons. The van der Waals surface area contributed by atoms with Crippen molar-refractivity contribution in [2.45, 2.75) is 259 Å². The number of nitro groups is 1. The molecule has 135 heavy (non-hydrogen) atoms. The molecule has 25 N–H and O–H groups in total. The molecule has 11 aromatic carbocycles. The number of nitrogens with zero attached hydrogens (tertiary/aromatic N) is 2. The first-order valence-corrected chi connectivity index (χ1v) is 50.7. The Bertz CT molecular complexity index is 3590. The molecule has 0 amide bonds. The second kappa shape index (κ2) is 99.4. The zero-order valence-corrected chi connectivity index (χ0v) is 94.4. The van der Waals surface area contributed by atoms with Gasteiger partial charge in [0.1, 0.15) is 0 Å². The molecular weight excluding hydrogens is 1870 g/mol. The average molecular weight is 2060 g/mol. The summed E-state index contributed by atoms with van der Waals surface area (Å²) in [5.74, 6) is 7.63. The number of aliphatic hydroxyl groups is 1. The Kier molecular flexibility index (Phi) is 109. The number of alkyl halides is 4. The number of nitrogens with two attached hydrogens (primary N) is 12. The molecule has 0 bridgehead atoms. The van der Waals surface area contributed by atoms with Crippen molar-refractivity contribution in [2.24, 2.45) is 5.73 Å². The van der Waals surface area contributed by atoms with Crippen LogP contribution in [-0.4, -0.2) is 62.6 Å². The van der Waals surface area contributed by atoms with Gasteiger partial charge in [0, 0.05) is 81.0 Å². The minimum Gasteiger partial charge on any atom is -0.400 e. The zero-order valence-electron chi connectivity index (χ0n) is 89.9. The number of aliphatic hydroxyl groups excluding tert-OH is 1. The molecule has 0 heterocycles. The van der Waals surface area contributed by atoms with Gasteiger partial charge in [0.05, 0.1) is 7.18 Å². The molecular formula is C114H188BrClFIN14O3. The number of hydrogen-bond acceptors (Lipinski definition) is 15. The van der Waals surface area contributed by atoms with Gasteiger partial charge in [-0.2, -0.15) is 0 Å². The number of nitrogen functional groups attached to an aromatic ring is 11. The number of benzene rings is 11. The Balaban J connectivity index is -0.000000136. The second-order valence-corrected chi connectivity index (χ2v) is 31.3. The van der Waals surface area contributed by atoms with Gasteiger partial charge in [0.25, 0.3) is 0 Å². The molecule has 0 saturated heterocycles. The van der Waals surface area contributed by atoms with E-state index in [0.717, 1.165) is 76.7 Å². The quantitative estimate of drug-likeness (QED) is 0.0143. The zero-order chi connectivity index (χ0) is 107. The van der Waals surface area contributed by atoms with Crippen LogP contribution < -0.4 is 68.8 Å². The van der Waals surface area contributed by atoms with Crippen LogP contribution in [0.5, 0.6) is 0 Å². The fourth-order valence-corrected chi connectivity index (χ4v) is 11.4. The lowest BCUT2D eigenvalue weighted by atomic mass is 10.0. The highest BCUT2D eigenvalue weighted by Crippen LogP contribution is 2.28. The third-order valence-corrected chi connectivity index (χ3v) is 17.8. The third-order valence-electron chi connectivity index (χ3n) is 17.8. The maximum absolute atomic E-state index is 9.50. The van der Waals surface area contributed by atoms with Gasteiger partial charge >= 0.3 is 0 Å². The summed E-state index contributed by atoms with van der Waals surface area (Å²) < 4.78 is 9.50. The Labute approximate surface area is 850 Å². The molecule has 0 unspecified atom stereocenters. The fraction of sp³-hybridized carbons (Fsp3) is 0.412.